The van der Waals surface area contributed by atoms with E-state index in [9.17, 15) is 0 Å². The summed E-state index contributed by atoms with van der Waals surface area (Å²) in [6, 6.07) is 10.9. The molecule has 7 heteroatoms. The molecule has 7 nitrogen and oxygen atoms in total. The molecule has 0 atom stereocenters. The first kappa shape index (κ1) is 15.1. The number of hydrogen-bond acceptors (Lipinski definition) is 7. The summed E-state index contributed by atoms with van der Waals surface area (Å²) in [5.41, 5.74) is 2.82. The Bertz CT molecular complexity index is 984. The topological polar surface area (TPSA) is 83.2 Å². The summed E-state index contributed by atoms with van der Waals surface area (Å²) >= 11 is 0. The van der Waals surface area contributed by atoms with Gasteiger partial charge in [-0.05, 0) is 30.3 Å². The van der Waals surface area contributed by atoms with Gasteiger partial charge in [0.25, 0.3) is 0 Å². The third-order valence-corrected chi connectivity index (χ3v) is 3.58. The van der Waals surface area contributed by atoms with E-state index in [0.717, 1.165) is 5.69 Å². The second kappa shape index (κ2) is 6.56. The smallest absolute Gasteiger partial charge is 0.246 e. The lowest BCUT2D eigenvalue weighted by Crippen LogP contribution is -1.98. The number of oxazole rings is 1. The molecular weight excluding hydrogens is 320 g/mol. The molecule has 0 aliphatic carbocycles. The maximum atomic E-state index is 5.78. The number of aromatic nitrogens is 4. The van der Waals surface area contributed by atoms with Crippen molar-refractivity contribution in [1.29, 1.82) is 0 Å². The fourth-order valence-corrected chi connectivity index (χ4v) is 2.30. The molecule has 1 aromatic carbocycles. The number of fused-ring (bicyclic) bond motifs is 1. The van der Waals surface area contributed by atoms with Gasteiger partial charge < -0.3 is 13.9 Å². The third kappa shape index (κ3) is 3.25. The zero-order valence-corrected chi connectivity index (χ0v) is 13.4. The van der Waals surface area contributed by atoms with Gasteiger partial charge in [0.05, 0.1) is 19.0 Å². The third-order valence-electron chi connectivity index (χ3n) is 3.58. The SMILES string of the molecule is COc1ccc(COc2ccc3oc(-c4ccncn4)nc3c2)nc1. The average molecular weight is 334 g/mol. The zero-order chi connectivity index (χ0) is 17.1. The Morgan fingerprint density at radius 1 is 1.04 bits per heavy atom. The van der Waals surface area contributed by atoms with E-state index in [1.807, 2.05) is 30.3 Å². The Hall–Kier alpha value is -3.48. The van der Waals surface area contributed by atoms with E-state index in [-0.39, 0.29) is 0 Å². The van der Waals surface area contributed by atoms with Gasteiger partial charge in [-0.2, -0.15) is 0 Å². The highest BCUT2D eigenvalue weighted by Crippen LogP contribution is 2.26. The molecule has 3 aromatic heterocycles. The molecule has 0 radical (unpaired) electrons. The van der Waals surface area contributed by atoms with Gasteiger partial charge in [0, 0.05) is 12.3 Å². The monoisotopic (exact) mass is 334 g/mol. The highest BCUT2D eigenvalue weighted by Gasteiger charge is 2.10. The van der Waals surface area contributed by atoms with Crippen molar-refractivity contribution in [2.75, 3.05) is 7.11 Å². The van der Waals surface area contributed by atoms with Gasteiger partial charge in [-0.1, -0.05) is 0 Å². The van der Waals surface area contributed by atoms with E-state index in [0.29, 0.717) is 40.8 Å². The Morgan fingerprint density at radius 2 is 1.96 bits per heavy atom. The number of benzene rings is 1. The number of hydrogen-bond donors (Lipinski definition) is 0. The molecule has 3 heterocycles. The molecule has 0 amide bonds. The van der Waals surface area contributed by atoms with Crippen LogP contribution < -0.4 is 9.47 Å². The molecule has 0 aliphatic rings. The predicted molar refractivity (Wildman–Crippen MR) is 90.2 cm³/mol. The molecule has 0 fully saturated rings. The molecule has 0 N–H and O–H groups in total. The highest BCUT2D eigenvalue weighted by molar-refractivity contribution is 5.77. The average Bonchev–Trinajstić information content (AvgIpc) is 3.11. The quantitative estimate of drug-likeness (QED) is 0.554. The molecule has 4 aromatic rings. The van der Waals surface area contributed by atoms with Crippen LogP contribution in [0, 0.1) is 0 Å². The minimum Gasteiger partial charge on any atom is -0.495 e. The van der Waals surface area contributed by atoms with Crippen LogP contribution in [0.2, 0.25) is 0 Å². The number of ether oxygens (including phenoxy) is 2. The fourth-order valence-electron chi connectivity index (χ4n) is 2.30. The number of rotatable bonds is 5. The molecular formula is C18H14N4O3. The highest BCUT2D eigenvalue weighted by atomic mass is 16.5. The summed E-state index contributed by atoms with van der Waals surface area (Å²) in [7, 11) is 1.61. The molecule has 124 valence electrons. The molecule has 4 rings (SSSR count). The first-order valence-corrected chi connectivity index (χ1v) is 7.60. The van der Waals surface area contributed by atoms with Crippen LogP contribution in [0.5, 0.6) is 11.5 Å². The van der Waals surface area contributed by atoms with Crippen LogP contribution in [0.3, 0.4) is 0 Å². The van der Waals surface area contributed by atoms with Crippen LogP contribution in [0.4, 0.5) is 0 Å². The van der Waals surface area contributed by atoms with Gasteiger partial charge >= 0.3 is 0 Å². The van der Waals surface area contributed by atoms with Crippen molar-refractivity contribution < 1.29 is 13.9 Å². The van der Waals surface area contributed by atoms with Crippen molar-refractivity contribution >= 4 is 11.1 Å². The van der Waals surface area contributed by atoms with E-state index in [4.69, 9.17) is 13.9 Å². The summed E-state index contributed by atoms with van der Waals surface area (Å²) < 4.78 is 16.6. The molecule has 25 heavy (non-hydrogen) atoms. The van der Waals surface area contributed by atoms with Crippen molar-refractivity contribution in [2.45, 2.75) is 6.61 Å². The molecule has 0 spiro atoms. The van der Waals surface area contributed by atoms with Crippen LogP contribution in [0.1, 0.15) is 5.69 Å². The summed E-state index contributed by atoms with van der Waals surface area (Å²) in [5, 5.41) is 0. The Morgan fingerprint density at radius 3 is 2.72 bits per heavy atom. The van der Waals surface area contributed by atoms with Crippen molar-refractivity contribution in [1.82, 2.24) is 19.9 Å². The van der Waals surface area contributed by atoms with Crippen LogP contribution in [0.15, 0.2) is 59.5 Å². The summed E-state index contributed by atoms with van der Waals surface area (Å²) in [4.78, 5) is 16.8. The standard InChI is InChI=1S/C18H14N4O3/c1-23-14-3-2-12(20-9-14)10-24-13-4-5-17-16(8-13)22-18(25-17)15-6-7-19-11-21-15/h2-9,11H,10H2,1H3. The summed E-state index contributed by atoms with van der Waals surface area (Å²) in [6.45, 7) is 0.353. The molecule has 0 aliphatic heterocycles. The number of nitrogens with zero attached hydrogens (tertiary/aromatic N) is 4. The normalized spacial score (nSPS) is 10.8. The van der Waals surface area contributed by atoms with Gasteiger partial charge in [-0.3, -0.25) is 4.98 Å². The second-order valence-corrected chi connectivity index (χ2v) is 5.22. The Labute approximate surface area is 143 Å². The largest absolute Gasteiger partial charge is 0.495 e. The Kier molecular flexibility index (Phi) is 3.96. The van der Waals surface area contributed by atoms with E-state index in [2.05, 4.69) is 19.9 Å². The van der Waals surface area contributed by atoms with Gasteiger partial charge in [-0.15, -0.1) is 0 Å². The maximum Gasteiger partial charge on any atom is 0.246 e. The summed E-state index contributed by atoms with van der Waals surface area (Å²) in [5.74, 6) is 1.85. The van der Waals surface area contributed by atoms with Gasteiger partial charge in [0.15, 0.2) is 5.58 Å². The summed E-state index contributed by atoms with van der Waals surface area (Å²) in [6.07, 6.45) is 4.77. The number of pyridine rings is 1. The molecule has 0 unspecified atom stereocenters. The fraction of sp³-hybridized carbons (Fsp3) is 0.111. The minimum absolute atomic E-state index is 0.353. The van der Waals surface area contributed by atoms with Crippen LogP contribution in [0.25, 0.3) is 22.7 Å². The minimum atomic E-state index is 0.353. The van der Waals surface area contributed by atoms with Crippen molar-refractivity contribution in [3.63, 3.8) is 0 Å². The van der Waals surface area contributed by atoms with Crippen LogP contribution >= 0.6 is 0 Å². The van der Waals surface area contributed by atoms with E-state index in [1.54, 1.807) is 25.6 Å². The first-order valence-electron chi connectivity index (χ1n) is 7.60. The van der Waals surface area contributed by atoms with E-state index < -0.39 is 0 Å². The lowest BCUT2D eigenvalue weighted by molar-refractivity contribution is 0.301. The number of methoxy groups -OCH3 is 1. The van der Waals surface area contributed by atoms with Gasteiger partial charge in [0.2, 0.25) is 5.89 Å². The van der Waals surface area contributed by atoms with Crippen molar-refractivity contribution in [3.8, 4) is 23.1 Å². The zero-order valence-electron chi connectivity index (χ0n) is 13.4. The first-order chi connectivity index (χ1) is 12.3. The maximum absolute atomic E-state index is 5.78. The van der Waals surface area contributed by atoms with Crippen LogP contribution in [-0.4, -0.2) is 27.0 Å². The lowest BCUT2D eigenvalue weighted by atomic mass is 10.3. The van der Waals surface area contributed by atoms with E-state index >= 15 is 0 Å². The van der Waals surface area contributed by atoms with E-state index in [1.165, 1.54) is 6.33 Å². The van der Waals surface area contributed by atoms with Gasteiger partial charge in [-0.25, -0.2) is 15.0 Å². The van der Waals surface area contributed by atoms with Crippen LogP contribution in [-0.2, 0) is 6.61 Å². The molecule has 0 saturated carbocycles. The van der Waals surface area contributed by atoms with Crippen molar-refractivity contribution in [2.24, 2.45) is 0 Å². The molecule has 0 bridgehead atoms. The Balaban J connectivity index is 1.52. The second-order valence-electron chi connectivity index (χ2n) is 5.22. The predicted octanol–water partition coefficient (Wildman–Crippen LogP) is 3.27. The lowest BCUT2D eigenvalue weighted by Gasteiger charge is -2.06. The molecule has 0 saturated heterocycles. The van der Waals surface area contributed by atoms with Crippen molar-refractivity contribution in [3.05, 3.63) is 60.8 Å². The van der Waals surface area contributed by atoms with Gasteiger partial charge in [0.1, 0.15) is 35.6 Å².